The lowest BCUT2D eigenvalue weighted by Crippen LogP contribution is -2.54. The van der Waals surface area contributed by atoms with Gasteiger partial charge in [0, 0.05) is 12.1 Å². The fourth-order valence-corrected chi connectivity index (χ4v) is 4.18. The molecule has 1 aromatic rings. The highest BCUT2D eigenvalue weighted by Crippen LogP contribution is 2.29. The molecule has 0 aliphatic rings. The average Bonchev–Trinajstić information content (AvgIpc) is 2.24. The molecule has 0 radical (unpaired) electrons. The quantitative estimate of drug-likeness (QED) is 0.560. The van der Waals surface area contributed by atoms with Gasteiger partial charge in [0.1, 0.15) is 0 Å². The smallest absolute Gasteiger partial charge is 0.371 e. The van der Waals surface area contributed by atoms with Gasteiger partial charge in [0.25, 0.3) is 0 Å². The van der Waals surface area contributed by atoms with Crippen LogP contribution in [0.3, 0.4) is 0 Å². The SMILES string of the molecule is CC(C)O[Si](Cc1ccccc1)(OC(F)F)OC(F)(F)F. The molecule has 9 heteroatoms. The Hall–Kier alpha value is -1.03. The highest BCUT2D eigenvalue weighted by Gasteiger charge is 2.53. The second-order valence-corrected chi connectivity index (χ2v) is 6.83. The lowest BCUT2D eigenvalue weighted by atomic mass is 10.2. The van der Waals surface area contributed by atoms with Crippen molar-refractivity contribution in [3.63, 3.8) is 0 Å². The molecule has 0 aliphatic heterocycles. The summed E-state index contributed by atoms with van der Waals surface area (Å²) in [5.41, 5.74) is 0.356. The average molecular weight is 330 g/mol. The molecule has 0 aromatic heterocycles. The third kappa shape index (κ3) is 6.98. The molecular formula is C12H15F5O3Si. The zero-order valence-electron chi connectivity index (χ0n) is 11.4. The molecule has 0 amide bonds. The molecule has 3 nitrogen and oxygen atoms in total. The molecule has 0 saturated carbocycles. The predicted molar refractivity (Wildman–Crippen MR) is 66.4 cm³/mol. The summed E-state index contributed by atoms with van der Waals surface area (Å²) >= 11 is 0. The van der Waals surface area contributed by atoms with Crippen molar-refractivity contribution in [2.24, 2.45) is 0 Å². The zero-order valence-corrected chi connectivity index (χ0v) is 12.4. The van der Waals surface area contributed by atoms with Crippen LogP contribution in [0, 0.1) is 0 Å². The van der Waals surface area contributed by atoms with Gasteiger partial charge in [0.15, 0.2) is 0 Å². The molecule has 0 saturated heterocycles. The first-order valence-corrected chi connectivity index (χ1v) is 8.00. The van der Waals surface area contributed by atoms with Crippen LogP contribution in [-0.2, 0) is 19.3 Å². The van der Waals surface area contributed by atoms with Crippen LogP contribution in [0.2, 0.25) is 0 Å². The highest BCUT2D eigenvalue weighted by atomic mass is 28.4. The van der Waals surface area contributed by atoms with Crippen LogP contribution in [0.15, 0.2) is 30.3 Å². The Labute approximate surface area is 120 Å². The van der Waals surface area contributed by atoms with E-state index < -0.39 is 33.9 Å². The fourth-order valence-electron chi connectivity index (χ4n) is 1.71. The molecule has 0 spiro atoms. The fraction of sp³-hybridized carbons (Fsp3) is 0.500. The summed E-state index contributed by atoms with van der Waals surface area (Å²) < 4.78 is 75.8. The summed E-state index contributed by atoms with van der Waals surface area (Å²) in [6.07, 6.45) is -5.90. The Balaban J connectivity index is 3.08. The van der Waals surface area contributed by atoms with Crippen molar-refractivity contribution < 1.29 is 35.2 Å². The Morgan fingerprint density at radius 1 is 1.05 bits per heavy atom. The van der Waals surface area contributed by atoms with Gasteiger partial charge in [-0.15, -0.1) is 13.2 Å². The molecule has 120 valence electrons. The summed E-state index contributed by atoms with van der Waals surface area (Å²) in [5.74, 6) is 0. The van der Waals surface area contributed by atoms with Crippen LogP contribution >= 0.6 is 0 Å². The van der Waals surface area contributed by atoms with E-state index in [4.69, 9.17) is 4.43 Å². The Kier molecular flexibility index (Phi) is 6.26. The minimum atomic E-state index is -5.13. The maximum absolute atomic E-state index is 12.6. The summed E-state index contributed by atoms with van der Waals surface area (Å²) in [4.78, 5) is 0. The first-order valence-electron chi connectivity index (χ1n) is 6.06. The van der Waals surface area contributed by atoms with E-state index in [1.54, 1.807) is 18.2 Å². The minimum Gasteiger partial charge on any atom is -0.371 e. The molecule has 1 aromatic carbocycles. The molecule has 0 N–H and O–H groups in total. The van der Waals surface area contributed by atoms with E-state index in [1.165, 1.54) is 26.0 Å². The number of hydrogen-bond acceptors (Lipinski definition) is 3. The first kappa shape index (κ1) is 18.0. The lowest BCUT2D eigenvalue weighted by molar-refractivity contribution is -0.304. The van der Waals surface area contributed by atoms with E-state index in [1.807, 2.05) is 0 Å². The van der Waals surface area contributed by atoms with Gasteiger partial charge in [-0.2, -0.15) is 8.78 Å². The summed E-state index contributed by atoms with van der Waals surface area (Å²) in [5, 5.41) is 0. The maximum atomic E-state index is 12.6. The third-order valence-electron chi connectivity index (χ3n) is 2.22. The van der Waals surface area contributed by atoms with Crippen molar-refractivity contribution in [3.05, 3.63) is 35.9 Å². The normalized spacial score (nSPS) is 15.5. The van der Waals surface area contributed by atoms with E-state index in [9.17, 15) is 22.0 Å². The van der Waals surface area contributed by atoms with Crippen molar-refractivity contribution >= 4 is 8.80 Å². The van der Waals surface area contributed by atoms with Gasteiger partial charge in [-0.3, -0.25) is 4.43 Å². The van der Waals surface area contributed by atoms with Crippen molar-refractivity contribution in [2.75, 3.05) is 0 Å². The molecule has 0 aliphatic carbocycles. The molecule has 0 heterocycles. The molecule has 1 rings (SSSR count). The zero-order chi connectivity index (χ0) is 16.1. The van der Waals surface area contributed by atoms with Crippen LogP contribution in [0.4, 0.5) is 22.0 Å². The van der Waals surface area contributed by atoms with Gasteiger partial charge >= 0.3 is 21.8 Å². The van der Waals surface area contributed by atoms with E-state index in [2.05, 4.69) is 8.85 Å². The second kappa shape index (κ2) is 7.30. The van der Waals surface area contributed by atoms with Gasteiger partial charge in [-0.05, 0) is 19.4 Å². The predicted octanol–water partition coefficient (Wildman–Crippen LogP) is 3.91. The Morgan fingerprint density at radius 3 is 2.05 bits per heavy atom. The van der Waals surface area contributed by atoms with Crippen LogP contribution in [0.1, 0.15) is 19.4 Å². The summed E-state index contributed by atoms with van der Waals surface area (Å²) in [6, 6.07) is 7.25. The van der Waals surface area contributed by atoms with Gasteiger partial charge in [0.05, 0.1) is 0 Å². The monoisotopic (exact) mass is 330 g/mol. The van der Waals surface area contributed by atoms with Crippen LogP contribution < -0.4 is 0 Å². The number of alkyl halides is 5. The standard InChI is InChI=1S/C12H15F5O3Si/c1-9(2)18-21(19-11(13)14,20-12(15,16)17)8-10-6-4-3-5-7-10/h3-7,9,11H,8H2,1-2H3. The molecular weight excluding hydrogens is 315 g/mol. The van der Waals surface area contributed by atoms with Crippen molar-refractivity contribution in [1.29, 1.82) is 0 Å². The van der Waals surface area contributed by atoms with E-state index >= 15 is 0 Å². The number of benzene rings is 1. The molecule has 21 heavy (non-hydrogen) atoms. The van der Waals surface area contributed by atoms with Crippen LogP contribution in [-0.4, -0.2) is 27.9 Å². The minimum absolute atomic E-state index is 0.356. The maximum Gasteiger partial charge on any atom is 0.516 e. The van der Waals surface area contributed by atoms with E-state index in [0.717, 1.165) is 0 Å². The van der Waals surface area contributed by atoms with Gasteiger partial charge < -0.3 is 8.85 Å². The first-order chi connectivity index (χ1) is 9.62. The Bertz CT molecular complexity index is 415. The van der Waals surface area contributed by atoms with Crippen molar-refractivity contribution in [1.82, 2.24) is 0 Å². The largest absolute Gasteiger partial charge is 0.516 e. The van der Waals surface area contributed by atoms with Gasteiger partial charge in [0.2, 0.25) is 0 Å². The molecule has 1 unspecified atom stereocenters. The van der Waals surface area contributed by atoms with Crippen LogP contribution in [0.5, 0.6) is 0 Å². The van der Waals surface area contributed by atoms with Crippen molar-refractivity contribution in [2.45, 2.75) is 39.0 Å². The van der Waals surface area contributed by atoms with Gasteiger partial charge in [-0.25, -0.2) is 0 Å². The van der Waals surface area contributed by atoms with E-state index in [-0.39, 0.29) is 0 Å². The Morgan fingerprint density at radius 2 is 1.62 bits per heavy atom. The highest BCUT2D eigenvalue weighted by molar-refractivity contribution is 6.60. The number of hydrogen-bond donors (Lipinski definition) is 0. The molecule has 0 fully saturated rings. The number of halogens is 5. The summed E-state index contributed by atoms with van der Waals surface area (Å²) in [7, 11) is -4.67. The van der Waals surface area contributed by atoms with Crippen LogP contribution in [0.25, 0.3) is 0 Å². The second-order valence-electron chi connectivity index (χ2n) is 4.44. The molecule has 1 atom stereocenters. The topological polar surface area (TPSA) is 27.7 Å². The molecule has 0 bridgehead atoms. The van der Waals surface area contributed by atoms with Gasteiger partial charge in [-0.1, -0.05) is 30.3 Å². The van der Waals surface area contributed by atoms with E-state index in [0.29, 0.717) is 5.56 Å². The lowest BCUT2D eigenvalue weighted by Gasteiger charge is -2.31. The number of rotatable bonds is 7. The third-order valence-corrected chi connectivity index (χ3v) is 4.97. The van der Waals surface area contributed by atoms with Crippen molar-refractivity contribution in [3.8, 4) is 0 Å². The summed E-state index contributed by atoms with van der Waals surface area (Å²) in [6.45, 7) is -0.593.